The quantitative estimate of drug-likeness (QED) is 0.904. The molecule has 0 aliphatic heterocycles. The van der Waals surface area contributed by atoms with Crippen molar-refractivity contribution >= 4 is 5.91 Å². The number of ether oxygens (including phenoxy) is 1. The van der Waals surface area contributed by atoms with Gasteiger partial charge in [-0.15, -0.1) is 0 Å². The average Bonchev–Trinajstić information content (AvgIpc) is 2.61. The molecule has 0 atom stereocenters. The molecule has 4 heteroatoms. The fourth-order valence-corrected chi connectivity index (χ4v) is 3.27. The van der Waals surface area contributed by atoms with E-state index in [9.17, 15) is 4.79 Å². The molecule has 1 aromatic carbocycles. The number of hydrogen-bond donors (Lipinski definition) is 1. The first-order valence-corrected chi connectivity index (χ1v) is 8.61. The van der Waals surface area contributed by atoms with E-state index in [0.29, 0.717) is 18.3 Å². The maximum absolute atomic E-state index is 11.3. The number of benzene rings is 1. The number of hydrogen-bond acceptors (Lipinski definition) is 3. The third-order valence-corrected chi connectivity index (χ3v) is 4.65. The predicted octanol–water partition coefficient (Wildman–Crippen LogP) is 4.01. The number of carbonyl (C=O) groups excluding carboxylic acids is 1. The van der Waals surface area contributed by atoms with Gasteiger partial charge in [0.1, 0.15) is 0 Å². The third-order valence-electron chi connectivity index (χ3n) is 4.65. The fraction of sp³-hybridized carbons (Fsp3) is 0.400. The average molecular weight is 324 g/mol. The molecule has 0 spiro atoms. The summed E-state index contributed by atoms with van der Waals surface area (Å²) in [7, 11) is 0. The number of aromatic nitrogens is 1. The van der Waals surface area contributed by atoms with Crippen molar-refractivity contribution in [1.29, 1.82) is 0 Å². The molecule has 3 rings (SSSR count). The molecule has 2 N–H and O–H groups in total. The number of aryl methyl sites for hydroxylation is 1. The van der Waals surface area contributed by atoms with Gasteiger partial charge in [0.2, 0.25) is 5.91 Å². The first-order chi connectivity index (χ1) is 11.6. The molecule has 1 aliphatic rings. The maximum Gasteiger partial charge on any atom is 0.248 e. The topological polar surface area (TPSA) is 65.2 Å². The van der Waals surface area contributed by atoms with Gasteiger partial charge in [-0.05, 0) is 55.2 Å². The molecular weight excluding hydrogens is 300 g/mol. The zero-order chi connectivity index (χ0) is 16.9. The first-order valence-electron chi connectivity index (χ1n) is 8.61. The SMILES string of the molecule is Cc1cc(-c2cc(COC3CCCCC3)ccn2)ccc1C(N)=O. The normalized spacial score (nSPS) is 15.4. The van der Waals surface area contributed by atoms with E-state index in [2.05, 4.69) is 11.1 Å². The zero-order valence-electron chi connectivity index (χ0n) is 14.1. The Balaban J connectivity index is 1.72. The summed E-state index contributed by atoms with van der Waals surface area (Å²) in [6, 6.07) is 9.66. The van der Waals surface area contributed by atoms with Crippen molar-refractivity contribution in [2.75, 3.05) is 0 Å². The smallest absolute Gasteiger partial charge is 0.248 e. The van der Waals surface area contributed by atoms with Gasteiger partial charge < -0.3 is 10.5 Å². The number of nitrogens with zero attached hydrogens (tertiary/aromatic N) is 1. The molecule has 1 aliphatic carbocycles. The third kappa shape index (κ3) is 4.01. The van der Waals surface area contributed by atoms with Crippen molar-refractivity contribution in [2.45, 2.75) is 51.7 Å². The first kappa shape index (κ1) is 16.7. The second-order valence-electron chi connectivity index (χ2n) is 6.51. The van der Waals surface area contributed by atoms with Crippen molar-refractivity contribution in [3.63, 3.8) is 0 Å². The molecule has 0 bridgehead atoms. The largest absolute Gasteiger partial charge is 0.374 e. The van der Waals surface area contributed by atoms with E-state index in [1.165, 1.54) is 32.1 Å². The highest BCUT2D eigenvalue weighted by atomic mass is 16.5. The molecule has 2 aromatic rings. The Morgan fingerprint density at radius 3 is 2.71 bits per heavy atom. The van der Waals surface area contributed by atoms with Crippen LogP contribution in [-0.2, 0) is 11.3 Å². The van der Waals surface area contributed by atoms with Gasteiger partial charge >= 0.3 is 0 Å². The molecule has 1 aromatic heterocycles. The molecule has 4 nitrogen and oxygen atoms in total. The monoisotopic (exact) mass is 324 g/mol. The Morgan fingerprint density at radius 2 is 2.00 bits per heavy atom. The number of pyridine rings is 1. The fourth-order valence-electron chi connectivity index (χ4n) is 3.27. The number of amides is 1. The van der Waals surface area contributed by atoms with Gasteiger partial charge in [0.25, 0.3) is 0 Å². The van der Waals surface area contributed by atoms with E-state index < -0.39 is 5.91 Å². The highest BCUT2D eigenvalue weighted by molar-refractivity contribution is 5.94. The summed E-state index contributed by atoms with van der Waals surface area (Å²) in [5.74, 6) is -0.401. The van der Waals surface area contributed by atoms with Gasteiger partial charge in [0.05, 0.1) is 18.4 Å². The molecular formula is C20H24N2O2. The van der Waals surface area contributed by atoms with Crippen LogP contribution in [0.3, 0.4) is 0 Å². The zero-order valence-corrected chi connectivity index (χ0v) is 14.1. The van der Waals surface area contributed by atoms with Crippen LogP contribution < -0.4 is 5.73 Å². The molecule has 1 fully saturated rings. The molecule has 0 unspecified atom stereocenters. The highest BCUT2D eigenvalue weighted by Gasteiger charge is 2.14. The van der Waals surface area contributed by atoms with Crippen LogP contribution in [0.2, 0.25) is 0 Å². The summed E-state index contributed by atoms with van der Waals surface area (Å²) in [6.45, 7) is 2.51. The standard InChI is InChI=1S/C20H24N2O2/c1-14-11-16(7-8-18(14)20(21)23)19-12-15(9-10-22-19)13-24-17-5-3-2-4-6-17/h7-12,17H,2-6,13H2,1H3,(H2,21,23). The van der Waals surface area contributed by atoms with Gasteiger partial charge in [0.15, 0.2) is 0 Å². The van der Waals surface area contributed by atoms with Gasteiger partial charge in [-0.2, -0.15) is 0 Å². The lowest BCUT2D eigenvalue weighted by molar-refractivity contribution is 0.0168. The van der Waals surface area contributed by atoms with Crippen LogP contribution in [0.1, 0.15) is 53.6 Å². The molecule has 0 saturated heterocycles. The predicted molar refractivity (Wildman–Crippen MR) is 94.6 cm³/mol. The minimum Gasteiger partial charge on any atom is -0.374 e. The Bertz CT molecular complexity index is 721. The second kappa shape index (κ2) is 7.58. The lowest BCUT2D eigenvalue weighted by Crippen LogP contribution is -2.16. The van der Waals surface area contributed by atoms with Crippen molar-refractivity contribution < 1.29 is 9.53 Å². The Morgan fingerprint density at radius 1 is 1.21 bits per heavy atom. The van der Waals surface area contributed by atoms with Crippen LogP contribution in [0.4, 0.5) is 0 Å². The van der Waals surface area contributed by atoms with E-state index in [4.69, 9.17) is 10.5 Å². The Kier molecular flexibility index (Phi) is 5.26. The summed E-state index contributed by atoms with van der Waals surface area (Å²) in [6.07, 6.45) is 8.44. The van der Waals surface area contributed by atoms with Crippen molar-refractivity contribution in [2.24, 2.45) is 5.73 Å². The van der Waals surface area contributed by atoms with Gasteiger partial charge in [-0.3, -0.25) is 9.78 Å². The van der Waals surface area contributed by atoms with Crippen LogP contribution >= 0.6 is 0 Å². The lowest BCUT2D eigenvalue weighted by Gasteiger charge is -2.22. The van der Waals surface area contributed by atoms with Crippen molar-refractivity contribution in [1.82, 2.24) is 4.98 Å². The maximum atomic E-state index is 11.3. The summed E-state index contributed by atoms with van der Waals surface area (Å²) in [5.41, 5.74) is 9.78. The van der Waals surface area contributed by atoms with Crippen LogP contribution in [-0.4, -0.2) is 17.0 Å². The van der Waals surface area contributed by atoms with E-state index >= 15 is 0 Å². The van der Waals surface area contributed by atoms with E-state index in [1.807, 2.05) is 31.3 Å². The molecule has 0 radical (unpaired) electrons. The van der Waals surface area contributed by atoms with E-state index in [1.54, 1.807) is 6.07 Å². The summed E-state index contributed by atoms with van der Waals surface area (Å²) >= 11 is 0. The second-order valence-corrected chi connectivity index (χ2v) is 6.51. The number of rotatable bonds is 5. The van der Waals surface area contributed by atoms with Crippen LogP contribution in [0, 0.1) is 6.92 Å². The summed E-state index contributed by atoms with van der Waals surface area (Å²) < 4.78 is 6.05. The van der Waals surface area contributed by atoms with Crippen LogP contribution in [0.5, 0.6) is 0 Å². The van der Waals surface area contributed by atoms with Crippen molar-refractivity contribution in [3.05, 3.63) is 53.2 Å². The Hall–Kier alpha value is -2.20. The summed E-state index contributed by atoms with van der Waals surface area (Å²) in [4.78, 5) is 15.8. The highest BCUT2D eigenvalue weighted by Crippen LogP contribution is 2.24. The minimum atomic E-state index is -0.401. The molecule has 1 saturated carbocycles. The Labute approximate surface area is 143 Å². The van der Waals surface area contributed by atoms with Gasteiger partial charge in [-0.1, -0.05) is 25.3 Å². The molecule has 1 amide bonds. The minimum absolute atomic E-state index is 0.396. The van der Waals surface area contributed by atoms with E-state index in [0.717, 1.165) is 22.4 Å². The van der Waals surface area contributed by atoms with Gasteiger partial charge in [-0.25, -0.2) is 0 Å². The van der Waals surface area contributed by atoms with Crippen molar-refractivity contribution in [3.8, 4) is 11.3 Å². The molecule has 24 heavy (non-hydrogen) atoms. The van der Waals surface area contributed by atoms with Gasteiger partial charge in [0, 0.05) is 17.3 Å². The lowest BCUT2D eigenvalue weighted by atomic mass is 9.98. The van der Waals surface area contributed by atoms with Crippen LogP contribution in [0.15, 0.2) is 36.5 Å². The number of carbonyl (C=O) groups is 1. The number of primary amides is 1. The molecule has 1 heterocycles. The van der Waals surface area contributed by atoms with E-state index in [-0.39, 0.29) is 0 Å². The summed E-state index contributed by atoms with van der Waals surface area (Å²) in [5, 5.41) is 0. The molecule has 126 valence electrons. The number of nitrogens with two attached hydrogens (primary N) is 1. The van der Waals surface area contributed by atoms with Crippen LogP contribution in [0.25, 0.3) is 11.3 Å².